The predicted octanol–water partition coefficient (Wildman–Crippen LogP) is 1.89. The number of benzene rings is 2. The zero-order chi connectivity index (χ0) is 18.9. The van der Waals surface area contributed by atoms with Crippen LogP contribution >= 0.6 is 0 Å². The number of hydrogen-bond acceptors (Lipinski definition) is 5. The Hall–Kier alpha value is -3.22. The van der Waals surface area contributed by atoms with Gasteiger partial charge in [-0.15, -0.1) is 0 Å². The highest BCUT2D eigenvalue weighted by atomic mass is 16.5. The maximum Gasteiger partial charge on any atom is 0.258 e. The fourth-order valence-corrected chi connectivity index (χ4v) is 2.10. The second-order valence-corrected chi connectivity index (χ2v) is 5.73. The van der Waals surface area contributed by atoms with Gasteiger partial charge in [-0.25, -0.2) is 0 Å². The summed E-state index contributed by atoms with van der Waals surface area (Å²) in [7, 11) is 5.46. The molecule has 2 N–H and O–H groups in total. The van der Waals surface area contributed by atoms with E-state index in [4.69, 9.17) is 9.47 Å². The van der Waals surface area contributed by atoms with Gasteiger partial charge in [0.05, 0.1) is 13.7 Å². The minimum absolute atomic E-state index is 0.125. The van der Waals surface area contributed by atoms with E-state index in [1.165, 1.54) is 0 Å². The molecule has 0 radical (unpaired) electrons. The summed E-state index contributed by atoms with van der Waals surface area (Å²) < 4.78 is 10.4. The number of methoxy groups -OCH3 is 1. The van der Waals surface area contributed by atoms with Crippen LogP contribution in [0, 0.1) is 0 Å². The van der Waals surface area contributed by atoms with Crippen LogP contribution in [-0.4, -0.2) is 46.2 Å². The molecule has 2 aromatic carbocycles. The Morgan fingerprint density at radius 1 is 0.923 bits per heavy atom. The van der Waals surface area contributed by atoms with Gasteiger partial charge in [-0.3, -0.25) is 9.59 Å². The molecule has 2 amide bonds. The van der Waals surface area contributed by atoms with Crippen LogP contribution in [0.1, 0.15) is 0 Å². The predicted molar refractivity (Wildman–Crippen MR) is 101 cm³/mol. The lowest BCUT2D eigenvalue weighted by atomic mass is 10.2. The van der Waals surface area contributed by atoms with Crippen LogP contribution < -0.4 is 25.0 Å². The first-order chi connectivity index (χ1) is 12.5. The number of anilines is 2. The van der Waals surface area contributed by atoms with Crippen LogP contribution in [0.2, 0.25) is 0 Å². The van der Waals surface area contributed by atoms with Crippen molar-refractivity contribution in [1.82, 2.24) is 5.32 Å². The van der Waals surface area contributed by atoms with E-state index in [1.54, 1.807) is 31.4 Å². The summed E-state index contributed by atoms with van der Waals surface area (Å²) in [5.41, 5.74) is 1.70. The number of carbonyl (C=O) groups excluding carboxylic acids is 2. The second kappa shape index (κ2) is 9.31. The lowest BCUT2D eigenvalue weighted by molar-refractivity contribution is -0.125. The van der Waals surface area contributed by atoms with E-state index in [2.05, 4.69) is 10.6 Å². The van der Waals surface area contributed by atoms with Gasteiger partial charge in [0.15, 0.2) is 6.61 Å². The molecule has 2 rings (SSSR count). The third-order valence-electron chi connectivity index (χ3n) is 3.54. The first kappa shape index (κ1) is 19.1. The van der Waals surface area contributed by atoms with Crippen molar-refractivity contribution in [3.05, 3.63) is 48.5 Å². The number of hydrogen-bond donors (Lipinski definition) is 2. The molecular weight excluding hydrogens is 334 g/mol. The summed E-state index contributed by atoms with van der Waals surface area (Å²) in [6.07, 6.45) is 0. The van der Waals surface area contributed by atoms with Crippen molar-refractivity contribution in [2.45, 2.75) is 0 Å². The Labute approximate surface area is 152 Å². The van der Waals surface area contributed by atoms with E-state index >= 15 is 0 Å². The first-order valence-corrected chi connectivity index (χ1v) is 8.08. The van der Waals surface area contributed by atoms with Crippen molar-refractivity contribution < 1.29 is 19.1 Å². The van der Waals surface area contributed by atoms with Crippen molar-refractivity contribution in [1.29, 1.82) is 0 Å². The van der Waals surface area contributed by atoms with Gasteiger partial charge in [0, 0.05) is 25.5 Å². The number of rotatable bonds is 8. The number of amides is 2. The molecule has 26 heavy (non-hydrogen) atoms. The fraction of sp³-hybridized carbons (Fsp3) is 0.263. The quantitative estimate of drug-likeness (QED) is 0.754. The number of nitrogens with one attached hydrogen (secondary N) is 2. The molecule has 0 heterocycles. The second-order valence-electron chi connectivity index (χ2n) is 5.73. The SMILES string of the molecule is COc1ccc(OCC(=O)NCC(=O)Nc2ccc(N(C)C)cc2)cc1. The van der Waals surface area contributed by atoms with Crippen LogP contribution in [-0.2, 0) is 9.59 Å². The average molecular weight is 357 g/mol. The molecule has 7 nitrogen and oxygen atoms in total. The summed E-state index contributed by atoms with van der Waals surface area (Å²) in [5, 5.41) is 5.24. The Morgan fingerprint density at radius 2 is 1.54 bits per heavy atom. The van der Waals surface area contributed by atoms with Gasteiger partial charge >= 0.3 is 0 Å². The van der Waals surface area contributed by atoms with Crippen molar-refractivity contribution in [2.24, 2.45) is 0 Å². The Kier molecular flexibility index (Phi) is 6.84. The molecule has 0 aromatic heterocycles. The van der Waals surface area contributed by atoms with Crippen molar-refractivity contribution >= 4 is 23.2 Å². The zero-order valence-corrected chi connectivity index (χ0v) is 15.1. The van der Waals surface area contributed by atoms with Crippen LogP contribution in [0.4, 0.5) is 11.4 Å². The van der Waals surface area contributed by atoms with Crippen LogP contribution in [0.5, 0.6) is 11.5 Å². The van der Waals surface area contributed by atoms with E-state index in [-0.39, 0.29) is 25.0 Å². The molecule has 0 atom stereocenters. The lowest BCUT2D eigenvalue weighted by Crippen LogP contribution is -2.35. The summed E-state index contributed by atoms with van der Waals surface area (Å²) in [6, 6.07) is 14.3. The van der Waals surface area contributed by atoms with Crippen LogP contribution in [0.25, 0.3) is 0 Å². The highest BCUT2D eigenvalue weighted by Gasteiger charge is 2.07. The normalized spacial score (nSPS) is 9.96. The lowest BCUT2D eigenvalue weighted by Gasteiger charge is -2.13. The maximum atomic E-state index is 11.9. The monoisotopic (exact) mass is 357 g/mol. The standard InChI is InChI=1S/C19H23N3O4/c1-22(2)15-6-4-14(5-7-15)21-18(23)12-20-19(24)13-26-17-10-8-16(25-3)9-11-17/h4-11H,12-13H2,1-3H3,(H,20,24)(H,21,23). The molecule has 0 fully saturated rings. The van der Waals surface area contributed by atoms with Gasteiger partial charge in [0.1, 0.15) is 11.5 Å². The van der Waals surface area contributed by atoms with E-state index in [1.807, 2.05) is 43.3 Å². The third-order valence-corrected chi connectivity index (χ3v) is 3.54. The number of carbonyl (C=O) groups is 2. The zero-order valence-electron chi connectivity index (χ0n) is 15.1. The molecule has 0 bridgehead atoms. The molecule has 0 unspecified atom stereocenters. The molecule has 7 heteroatoms. The Morgan fingerprint density at radius 3 is 2.12 bits per heavy atom. The van der Waals surface area contributed by atoms with Gasteiger partial charge in [-0.1, -0.05) is 0 Å². The summed E-state index contributed by atoms with van der Waals surface area (Å²) in [4.78, 5) is 25.6. The van der Waals surface area contributed by atoms with Gasteiger partial charge < -0.3 is 25.0 Å². The molecule has 0 spiro atoms. The number of ether oxygens (including phenoxy) is 2. The molecular formula is C19H23N3O4. The average Bonchev–Trinajstić information content (AvgIpc) is 2.65. The molecule has 0 aliphatic heterocycles. The first-order valence-electron chi connectivity index (χ1n) is 8.08. The Balaban J connectivity index is 1.71. The van der Waals surface area contributed by atoms with Gasteiger partial charge in [-0.2, -0.15) is 0 Å². The van der Waals surface area contributed by atoms with E-state index in [0.29, 0.717) is 17.2 Å². The van der Waals surface area contributed by atoms with Crippen molar-refractivity contribution in [3.8, 4) is 11.5 Å². The van der Waals surface area contributed by atoms with Crippen LogP contribution in [0.3, 0.4) is 0 Å². The van der Waals surface area contributed by atoms with Gasteiger partial charge in [0.2, 0.25) is 5.91 Å². The molecule has 138 valence electrons. The topological polar surface area (TPSA) is 79.9 Å². The molecule has 2 aromatic rings. The highest BCUT2D eigenvalue weighted by molar-refractivity contribution is 5.94. The van der Waals surface area contributed by atoms with Gasteiger partial charge in [-0.05, 0) is 48.5 Å². The Bertz CT molecular complexity index is 727. The summed E-state index contributed by atoms with van der Waals surface area (Å²) in [5.74, 6) is 0.572. The van der Waals surface area contributed by atoms with E-state index in [0.717, 1.165) is 5.69 Å². The van der Waals surface area contributed by atoms with E-state index < -0.39 is 0 Å². The minimum Gasteiger partial charge on any atom is -0.497 e. The fourth-order valence-electron chi connectivity index (χ4n) is 2.10. The van der Waals surface area contributed by atoms with E-state index in [9.17, 15) is 9.59 Å². The molecule has 0 aliphatic carbocycles. The largest absolute Gasteiger partial charge is 0.497 e. The van der Waals surface area contributed by atoms with Gasteiger partial charge in [0.25, 0.3) is 5.91 Å². The molecule has 0 saturated heterocycles. The smallest absolute Gasteiger partial charge is 0.258 e. The molecule has 0 aliphatic rings. The maximum absolute atomic E-state index is 11.9. The minimum atomic E-state index is -0.376. The van der Waals surface area contributed by atoms with Crippen LogP contribution in [0.15, 0.2) is 48.5 Å². The highest BCUT2D eigenvalue weighted by Crippen LogP contribution is 2.17. The third kappa shape index (κ3) is 6.01. The number of nitrogens with zero attached hydrogens (tertiary/aromatic N) is 1. The molecule has 0 saturated carbocycles. The van der Waals surface area contributed by atoms with Crippen molar-refractivity contribution in [2.75, 3.05) is 44.6 Å². The summed E-state index contributed by atoms with van der Waals surface area (Å²) in [6.45, 7) is -0.294. The summed E-state index contributed by atoms with van der Waals surface area (Å²) >= 11 is 0. The van der Waals surface area contributed by atoms with Crippen molar-refractivity contribution in [3.63, 3.8) is 0 Å².